The fraction of sp³-hybridized carbons (Fsp3) is 0.409. The highest BCUT2D eigenvalue weighted by atomic mass is 19.1. The first-order valence-corrected chi connectivity index (χ1v) is 10.3. The van der Waals surface area contributed by atoms with E-state index in [1.165, 1.54) is 12.1 Å². The van der Waals surface area contributed by atoms with E-state index < -0.39 is 0 Å². The van der Waals surface area contributed by atoms with Gasteiger partial charge in [-0.05, 0) is 31.0 Å². The van der Waals surface area contributed by atoms with Crippen LogP contribution in [-0.2, 0) is 11.2 Å². The maximum absolute atomic E-state index is 13.4. The van der Waals surface area contributed by atoms with E-state index in [4.69, 9.17) is 9.51 Å². The third kappa shape index (κ3) is 4.70. The normalized spacial score (nSPS) is 16.0. The Balaban J connectivity index is 1.52. The Bertz CT molecular complexity index is 1070. The number of carbonyl (C=O) groups excluding carboxylic acids is 1. The minimum absolute atomic E-state index is 0.0589. The molecule has 1 atom stereocenters. The lowest BCUT2D eigenvalue weighted by Crippen LogP contribution is -2.28. The predicted molar refractivity (Wildman–Crippen MR) is 113 cm³/mol. The number of hydrogen-bond acceptors (Lipinski definition) is 7. The van der Waals surface area contributed by atoms with Gasteiger partial charge in [0, 0.05) is 57.7 Å². The maximum atomic E-state index is 13.4. The number of benzene rings is 1. The highest BCUT2D eigenvalue weighted by Crippen LogP contribution is 2.34. The van der Waals surface area contributed by atoms with Crippen molar-refractivity contribution in [3.63, 3.8) is 0 Å². The number of aromatic nitrogens is 4. The second-order valence-electron chi connectivity index (χ2n) is 7.93. The van der Waals surface area contributed by atoms with E-state index >= 15 is 0 Å². The van der Waals surface area contributed by atoms with Crippen LogP contribution in [0.5, 0.6) is 0 Å². The zero-order chi connectivity index (χ0) is 22.0. The molecule has 1 aliphatic rings. The van der Waals surface area contributed by atoms with E-state index in [1.54, 1.807) is 25.3 Å². The van der Waals surface area contributed by atoms with Crippen LogP contribution in [0.1, 0.15) is 36.2 Å². The third-order valence-electron chi connectivity index (χ3n) is 5.41. The average Bonchev–Trinajstić information content (AvgIpc) is 3.41. The number of aryl methyl sites for hydroxylation is 2. The van der Waals surface area contributed by atoms with E-state index in [9.17, 15) is 9.18 Å². The van der Waals surface area contributed by atoms with E-state index in [1.807, 2.05) is 23.9 Å². The van der Waals surface area contributed by atoms with Gasteiger partial charge in [0.2, 0.25) is 17.7 Å². The van der Waals surface area contributed by atoms with Gasteiger partial charge >= 0.3 is 0 Å². The Morgan fingerprint density at radius 3 is 2.71 bits per heavy atom. The fourth-order valence-electron chi connectivity index (χ4n) is 3.79. The molecule has 0 bridgehead atoms. The van der Waals surface area contributed by atoms with Crippen LogP contribution in [0.3, 0.4) is 0 Å². The number of carbonyl (C=O) groups is 1. The minimum atomic E-state index is -0.287. The molecule has 31 heavy (non-hydrogen) atoms. The molecule has 2 aromatic heterocycles. The van der Waals surface area contributed by atoms with Crippen LogP contribution < -0.4 is 4.90 Å². The number of rotatable bonds is 6. The standard InChI is InChI=1S/C22H25FN6O2/c1-14-25-19(31-27-14)8-9-20(30)29-11-10-16(13-29)21-18(12-24-22(26-21)28(2)3)15-4-6-17(23)7-5-15/h4-7,12,16H,8-11,13H2,1-3H3/t16-/m1/s1. The number of anilines is 1. The lowest BCUT2D eigenvalue weighted by Gasteiger charge is -2.19. The maximum Gasteiger partial charge on any atom is 0.227 e. The number of halogens is 1. The molecule has 1 aliphatic heterocycles. The molecule has 1 fully saturated rings. The van der Waals surface area contributed by atoms with Gasteiger partial charge in [0.05, 0.1) is 5.69 Å². The molecule has 0 N–H and O–H groups in total. The summed E-state index contributed by atoms with van der Waals surface area (Å²) in [4.78, 5) is 29.8. The number of nitrogens with zero attached hydrogens (tertiary/aromatic N) is 6. The Morgan fingerprint density at radius 1 is 1.26 bits per heavy atom. The van der Waals surface area contributed by atoms with Crippen molar-refractivity contribution in [1.82, 2.24) is 25.0 Å². The van der Waals surface area contributed by atoms with Crippen molar-refractivity contribution in [3.05, 3.63) is 53.7 Å². The molecule has 0 saturated carbocycles. The van der Waals surface area contributed by atoms with E-state index in [-0.39, 0.29) is 17.6 Å². The number of amides is 1. The second-order valence-corrected chi connectivity index (χ2v) is 7.93. The summed E-state index contributed by atoms with van der Waals surface area (Å²) in [6, 6.07) is 6.33. The molecule has 162 valence electrons. The smallest absolute Gasteiger partial charge is 0.227 e. The van der Waals surface area contributed by atoms with Gasteiger partial charge in [-0.1, -0.05) is 17.3 Å². The molecule has 8 nitrogen and oxygen atoms in total. The van der Waals surface area contributed by atoms with Crippen LogP contribution in [-0.4, -0.2) is 58.1 Å². The van der Waals surface area contributed by atoms with E-state index in [2.05, 4.69) is 15.1 Å². The number of hydrogen-bond donors (Lipinski definition) is 0. The topological polar surface area (TPSA) is 88.3 Å². The van der Waals surface area contributed by atoms with Crippen LogP contribution in [0.25, 0.3) is 11.1 Å². The van der Waals surface area contributed by atoms with Gasteiger partial charge in [0.15, 0.2) is 5.82 Å². The molecule has 4 rings (SSSR count). The van der Waals surface area contributed by atoms with Crippen molar-refractivity contribution in [2.75, 3.05) is 32.1 Å². The van der Waals surface area contributed by atoms with E-state index in [0.717, 1.165) is 23.2 Å². The van der Waals surface area contributed by atoms with Gasteiger partial charge < -0.3 is 14.3 Å². The van der Waals surface area contributed by atoms with Crippen LogP contribution in [0, 0.1) is 12.7 Å². The monoisotopic (exact) mass is 424 g/mol. The lowest BCUT2D eigenvalue weighted by atomic mass is 9.96. The van der Waals surface area contributed by atoms with Crippen molar-refractivity contribution in [2.24, 2.45) is 0 Å². The highest BCUT2D eigenvalue weighted by Gasteiger charge is 2.30. The zero-order valence-electron chi connectivity index (χ0n) is 17.9. The summed E-state index contributed by atoms with van der Waals surface area (Å²) in [5.41, 5.74) is 2.61. The van der Waals surface area contributed by atoms with Gasteiger partial charge in [-0.3, -0.25) is 4.79 Å². The molecule has 0 spiro atoms. The van der Waals surface area contributed by atoms with Crippen LogP contribution in [0.2, 0.25) is 0 Å². The zero-order valence-corrected chi connectivity index (χ0v) is 17.9. The molecule has 0 unspecified atom stereocenters. The quantitative estimate of drug-likeness (QED) is 0.601. The summed E-state index contributed by atoms with van der Waals surface area (Å²) >= 11 is 0. The highest BCUT2D eigenvalue weighted by molar-refractivity contribution is 5.77. The Labute approximate surface area is 180 Å². The van der Waals surface area contributed by atoms with Crippen LogP contribution in [0.15, 0.2) is 35.0 Å². The SMILES string of the molecule is Cc1noc(CCC(=O)N2CC[C@@H](c3nc(N(C)C)ncc3-c3ccc(F)cc3)C2)n1. The Morgan fingerprint density at radius 2 is 2.03 bits per heavy atom. The summed E-state index contributed by atoms with van der Waals surface area (Å²) in [5, 5.41) is 3.76. The van der Waals surface area contributed by atoms with Gasteiger partial charge in [-0.15, -0.1) is 0 Å². The van der Waals surface area contributed by atoms with Gasteiger partial charge in [0.1, 0.15) is 5.82 Å². The Kier molecular flexibility index (Phi) is 5.92. The molecular weight excluding hydrogens is 399 g/mol. The molecule has 0 aliphatic carbocycles. The lowest BCUT2D eigenvalue weighted by molar-refractivity contribution is -0.130. The molecule has 1 amide bonds. The van der Waals surface area contributed by atoms with Crippen molar-refractivity contribution >= 4 is 11.9 Å². The molecule has 1 aromatic carbocycles. The van der Waals surface area contributed by atoms with Crippen molar-refractivity contribution in [2.45, 2.75) is 32.1 Å². The van der Waals surface area contributed by atoms with Crippen LogP contribution >= 0.6 is 0 Å². The second kappa shape index (κ2) is 8.79. The first kappa shape index (κ1) is 20.9. The van der Waals surface area contributed by atoms with Gasteiger partial charge in [0.25, 0.3) is 0 Å². The fourth-order valence-corrected chi connectivity index (χ4v) is 3.79. The Hall–Kier alpha value is -3.36. The van der Waals surface area contributed by atoms with Crippen molar-refractivity contribution < 1.29 is 13.7 Å². The summed E-state index contributed by atoms with van der Waals surface area (Å²) in [6.07, 6.45) is 3.35. The molecule has 3 aromatic rings. The van der Waals surface area contributed by atoms with Crippen molar-refractivity contribution in [1.29, 1.82) is 0 Å². The van der Waals surface area contributed by atoms with Gasteiger partial charge in [-0.2, -0.15) is 4.98 Å². The van der Waals surface area contributed by atoms with E-state index in [0.29, 0.717) is 43.6 Å². The first-order chi connectivity index (χ1) is 14.9. The van der Waals surface area contributed by atoms with Crippen LogP contribution in [0.4, 0.5) is 10.3 Å². The summed E-state index contributed by atoms with van der Waals surface area (Å²) in [5.74, 6) is 1.51. The number of likely N-dealkylation sites (tertiary alicyclic amines) is 1. The molecule has 0 radical (unpaired) electrons. The molecule has 1 saturated heterocycles. The predicted octanol–water partition coefficient (Wildman–Crippen LogP) is 2.99. The molecular formula is C22H25FN6O2. The van der Waals surface area contributed by atoms with Gasteiger partial charge in [-0.25, -0.2) is 14.4 Å². The largest absolute Gasteiger partial charge is 0.347 e. The molecule has 9 heteroatoms. The first-order valence-electron chi connectivity index (χ1n) is 10.3. The minimum Gasteiger partial charge on any atom is -0.347 e. The third-order valence-corrected chi connectivity index (χ3v) is 5.41. The average molecular weight is 424 g/mol. The summed E-state index contributed by atoms with van der Waals surface area (Å²) < 4.78 is 18.5. The summed E-state index contributed by atoms with van der Waals surface area (Å²) in [7, 11) is 3.78. The summed E-state index contributed by atoms with van der Waals surface area (Å²) in [6.45, 7) is 3.00. The molecule has 3 heterocycles. The van der Waals surface area contributed by atoms with Crippen molar-refractivity contribution in [3.8, 4) is 11.1 Å².